The normalized spacial score (nSPS) is 10.9. The van der Waals surface area contributed by atoms with Gasteiger partial charge in [-0.05, 0) is 37.4 Å². The van der Waals surface area contributed by atoms with E-state index >= 15 is 0 Å². The predicted octanol–water partition coefficient (Wildman–Crippen LogP) is 5.32. The lowest BCUT2D eigenvalue weighted by atomic mass is 10.1. The number of aryl methyl sites for hydroxylation is 2. The molecule has 3 aromatic heterocycles. The van der Waals surface area contributed by atoms with Gasteiger partial charge in [0.2, 0.25) is 11.8 Å². The minimum Gasteiger partial charge on any atom is -0.440 e. The number of benzene rings is 1. The Morgan fingerprint density at radius 3 is 2.78 bits per heavy atom. The second kappa shape index (κ2) is 7.46. The first kappa shape index (κ1) is 17.6. The maximum absolute atomic E-state index is 12.5. The minimum absolute atomic E-state index is 0.129. The van der Waals surface area contributed by atoms with E-state index in [9.17, 15) is 4.79 Å². The van der Waals surface area contributed by atoms with Crippen molar-refractivity contribution in [2.45, 2.75) is 20.3 Å². The smallest absolute Gasteiger partial charge is 0.236 e. The van der Waals surface area contributed by atoms with Gasteiger partial charge in [0.25, 0.3) is 0 Å². The fourth-order valence-electron chi connectivity index (χ4n) is 2.71. The second-order valence-electron chi connectivity index (χ2n) is 6.06. The van der Waals surface area contributed by atoms with Gasteiger partial charge in [-0.15, -0.1) is 22.7 Å². The van der Waals surface area contributed by atoms with E-state index in [4.69, 9.17) is 4.42 Å². The molecule has 0 fully saturated rings. The number of hydrogen-bond donors (Lipinski definition) is 1. The molecule has 0 aliphatic heterocycles. The summed E-state index contributed by atoms with van der Waals surface area (Å²) in [5.41, 5.74) is 3.29. The summed E-state index contributed by atoms with van der Waals surface area (Å²) in [6.07, 6.45) is 0.167. The van der Waals surface area contributed by atoms with Gasteiger partial charge in [-0.1, -0.05) is 18.2 Å². The summed E-state index contributed by atoms with van der Waals surface area (Å²) in [7, 11) is 0. The number of anilines is 1. The van der Waals surface area contributed by atoms with Gasteiger partial charge in [0, 0.05) is 16.6 Å². The van der Waals surface area contributed by atoms with Gasteiger partial charge in [0.05, 0.1) is 27.7 Å². The van der Waals surface area contributed by atoms with Gasteiger partial charge in [-0.25, -0.2) is 9.97 Å². The summed E-state index contributed by atoms with van der Waals surface area (Å²) in [4.78, 5) is 22.4. The Balaban J connectivity index is 1.47. The van der Waals surface area contributed by atoms with Crippen LogP contribution in [0.5, 0.6) is 0 Å². The Morgan fingerprint density at radius 1 is 1.15 bits per heavy atom. The topological polar surface area (TPSA) is 68.0 Å². The fourth-order valence-corrected chi connectivity index (χ4v) is 3.98. The van der Waals surface area contributed by atoms with Crippen LogP contribution in [0.15, 0.2) is 51.6 Å². The van der Waals surface area contributed by atoms with Crippen LogP contribution in [0.1, 0.15) is 16.5 Å². The molecule has 0 bridgehead atoms. The molecular formula is C20H17N3O2S2. The molecule has 0 aliphatic carbocycles. The summed E-state index contributed by atoms with van der Waals surface area (Å²) in [5, 5.41) is 7.94. The highest BCUT2D eigenvalue weighted by Crippen LogP contribution is 2.27. The number of nitrogens with zero attached hydrogens (tertiary/aromatic N) is 2. The molecule has 136 valence electrons. The number of hydrogen-bond acceptors (Lipinski definition) is 6. The number of rotatable bonds is 5. The van der Waals surface area contributed by atoms with Crippen molar-refractivity contribution in [3.8, 4) is 22.0 Å². The van der Waals surface area contributed by atoms with Crippen molar-refractivity contribution in [1.29, 1.82) is 0 Å². The van der Waals surface area contributed by atoms with Crippen LogP contribution in [0.4, 0.5) is 5.69 Å². The summed E-state index contributed by atoms with van der Waals surface area (Å²) < 4.78 is 5.70. The first-order valence-electron chi connectivity index (χ1n) is 8.41. The van der Waals surface area contributed by atoms with Crippen LogP contribution in [0.25, 0.3) is 22.0 Å². The number of carbonyl (C=O) groups is 1. The van der Waals surface area contributed by atoms with E-state index in [1.165, 1.54) is 0 Å². The lowest BCUT2D eigenvalue weighted by molar-refractivity contribution is -0.115. The molecule has 0 aliphatic rings. The molecule has 7 heteroatoms. The van der Waals surface area contributed by atoms with E-state index in [2.05, 4.69) is 15.3 Å². The zero-order chi connectivity index (χ0) is 18.8. The maximum Gasteiger partial charge on any atom is 0.236 e. The van der Waals surface area contributed by atoms with Gasteiger partial charge >= 0.3 is 0 Å². The Hall–Kier alpha value is -2.77. The van der Waals surface area contributed by atoms with Gasteiger partial charge in [0.15, 0.2) is 0 Å². The Labute approximate surface area is 164 Å². The van der Waals surface area contributed by atoms with Crippen molar-refractivity contribution >= 4 is 34.3 Å². The van der Waals surface area contributed by atoms with E-state index in [1.54, 1.807) is 22.7 Å². The summed E-state index contributed by atoms with van der Waals surface area (Å²) in [6, 6.07) is 11.6. The average molecular weight is 396 g/mol. The number of carbonyl (C=O) groups excluding carboxylic acids is 1. The molecule has 1 N–H and O–H groups in total. The summed E-state index contributed by atoms with van der Waals surface area (Å²) >= 11 is 3.17. The zero-order valence-corrected chi connectivity index (χ0v) is 16.5. The van der Waals surface area contributed by atoms with Gasteiger partial charge < -0.3 is 9.73 Å². The lowest BCUT2D eigenvalue weighted by Gasteiger charge is -2.06. The molecule has 27 heavy (non-hydrogen) atoms. The van der Waals surface area contributed by atoms with Gasteiger partial charge in [0.1, 0.15) is 5.76 Å². The minimum atomic E-state index is -0.129. The van der Waals surface area contributed by atoms with E-state index in [1.807, 2.05) is 61.0 Å². The molecule has 0 saturated heterocycles. The number of thiophene rings is 1. The molecule has 1 aromatic carbocycles. The molecule has 3 heterocycles. The molecule has 4 aromatic rings. The van der Waals surface area contributed by atoms with Crippen molar-refractivity contribution < 1.29 is 9.21 Å². The van der Waals surface area contributed by atoms with E-state index < -0.39 is 0 Å². The molecule has 0 atom stereocenters. The van der Waals surface area contributed by atoms with Crippen LogP contribution in [0.3, 0.4) is 0 Å². The standard InChI is InChI=1S/C20H17N3O2S2/c1-12-16(23-20(25-12)18-7-4-8-26-18)10-19(24)22-15-6-3-5-14(9-15)17-11-27-13(2)21-17/h3-9,11H,10H2,1-2H3,(H,22,24). The third-order valence-corrected chi connectivity index (χ3v) is 5.65. The van der Waals surface area contributed by atoms with Crippen LogP contribution >= 0.6 is 22.7 Å². The number of aromatic nitrogens is 2. The Bertz CT molecular complexity index is 1080. The average Bonchev–Trinajstić information content (AvgIpc) is 3.37. The first-order chi connectivity index (χ1) is 13.1. The van der Waals surface area contributed by atoms with Crippen molar-refractivity contribution in [3.63, 3.8) is 0 Å². The van der Waals surface area contributed by atoms with Crippen LogP contribution in [0, 0.1) is 13.8 Å². The SMILES string of the molecule is Cc1nc(-c2cccc(NC(=O)Cc3nc(-c4cccs4)oc3C)c2)cs1. The number of thiazole rings is 1. The highest BCUT2D eigenvalue weighted by Gasteiger charge is 2.15. The van der Waals surface area contributed by atoms with Gasteiger partial charge in [-0.3, -0.25) is 4.79 Å². The molecule has 0 radical (unpaired) electrons. The van der Waals surface area contributed by atoms with E-state index in [0.29, 0.717) is 17.3 Å². The second-order valence-corrected chi connectivity index (χ2v) is 8.07. The lowest BCUT2D eigenvalue weighted by Crippen LogP contribution is -2.15. The van der Waals surface area contributed by atoms with Crippen molar-refractivity contribution in [3.05, 3.63) is 63.6 Å². The van der Waals surface area contributed by atoms with E-state index in [0.717, 1.165) is 26.8 Å². The highest BCUT2D eigenvalue weighted by atomic mass is 32.1. The van der Waals surface area contributed by atoms with Crippen LogP contribution in [-0.4, -0.2) is 15.9 Å². The van der Waals surface area contributed by atoms with Crippen molar-refractivity contribution in [2.24, 2.45) is 0 Å². The monoisotopic (exact) mass is 395 g/mol. The number of oxazole rings is 1. The van der Waals surface area contributed by atoms with Crippen LogP contribution < -0.4 is 5.32 Å². The third-order valence-electron chi connectivity index (χ3n) is 4.01. The van der Waals surface area contributed by atoms with Crippen molar-refractivity contribution in [2.75, 3.05) is 5.32 Å². The summed E-state index contributed by atoms with van der Waals surface area (Å²) in [6.45, 7) is 3.81. The molecule has 0 saturated carbocycles. The quantitative estimate of drug-likeness (QED) is 0.496. The van der Waals surface area contributed by atoms with Crippen molar-refractivity contribution in [1.82, 2.24) is 9.97 Å². The number of amides is 1. The summed E-state index contributed by atoms with van der Waals surface area (Å²) in [5.74, 6) is 1.10. The predicted molar refractivity (Wildman–Crippen MR) is 109 cm³/mol. The fraction of sp³-hybridized carbons (Fsp3) is 0.150. The van der Waals surface area contributed by atoms with Gasteiger partial charge in [-0.2, -0.15) is 0 Å². The number of nitrogens with one attached hydrogen (secondary N) is 1. The largest absolute Gasteiger partial charge is 0.440 e. The molecule has 5 nitrogen and oxygen atoms in total. The highest BCUT2D eigenvalue weighted by molar-refractivity contribution is 7.13. The maximum atomic E-state index is 12.5. The molecule has 0 unspecified atom stereocenters. The molecule has 0 spiro atoms. The molecular weight excluding hydrogens is 378 g/mol. The zero-order valence-electron chi connectivity index (χ0n) is 14.9. The third kappa shape index (κ3) is 3.99. The molecule has 1 amide bonds. The van der Waals surface area contributed by atoms with Crippen LogP contribution in [-0.2, 0) is 11.2 Å². The molecule has 4 rings (SSSR count). The first-order valence-corrected chi connectivity index (χ1v) is 10.2. The Kier molecular flexibility index (Phi) is 4.87. The van der Waals surface area contributed by atoms with Crippen LogP contribution in [0.2, 0.25) is 0 Å². The Morgan fingerprint density at radius 2 is 2.04 bits per heavy atom. The van der Waals surface area contributed by atoms with E-state index in [-0.39, 0.29) is 12.3 Å².